The number of nitrogens with zero attached hydrogens (tertiary/aromatic N) is 3. The largest absolute Gasteiger partial charge is 0.504 e. The maximum atomic E-state index is 10.1. The Labute approximate surface area is 239 Å². The molecule has 0 saturated carbocycles. The molecule has 0 fully saturated rings. The van der Waals surface area contributed by atoms with Crippen molar-refractivity contribution in [2.45, 2.75) is 6.54 Å². The molecule has 0 atom stereocenters. The highest BCUT2D eigenvalue weighted by atomic mass is 32.1. The Morgan fingerprint density at radius 3 is 2.34 bits per heavy atom. The number of aromatic nitrogens is 1. The molecule has 0 aliphatic carbocycles. The number of benzene rings is 4. The van der Waals surface area contributed by atoms with E-state index in [0.29, 0.717) is 39.9 Å². The molecule has 206 valence electrons. The molecule has 1 aromatic heterocycles. The average molecular weight is 568 g/mol. The Hall–Kier alpha value is -5.22. The molecule has 9 nitrogen and oxygen atoms in total. The van der Waals surface area contributed by atoms with Crippen LogP contribution < -0.4 is 23.7 Å². The van der Waals surface area contributed by atoms with Crippen molar-refractivity contribution in [1.29, 1.82) is 0 Å². The number of rotatable bonds is 8. The smallest absolute Gasteiger partial charge is 0.231 e. The van der Waals surface area contributed by atoms with Crippen molar-refractivity contribution in [3.63, 3.8) is 0 Å². The zero-order chi connectivity index (χ0) is 28.2. The van der Waals surface area contributed by atoms with Crippen LogP contribution in [0.25, 0.3) is 11.3 Å². The molecule has 0 saturated heterocycles. The summed E-state index contributed by atoms with van der Waals surface area (Å²) in [5, 5.41) is 26.5. The Morgan fingerprint density at radius 1 is 0.854 bits per heavy atom. The van der Waals surface area contributed by atoms with E-state index in [-0.39, 0.29) is 18.3 Å². The van der Waals surface area contributed by atoms with E-state index in [1.54, 1.807) is 24.1 Å². The second-order valence-corrected chi connectivity index (χ2v) is 9.85. The number of hydrogen-bond donors (Lipinski definition) is 2. The van der Waals surface area contributed by atoms with Gasteiger partial charge in [0.15, 0.2) is 23.0 Å². The van der Waals surface area contributed by atoms with Crippen LogP contribution in [0.5, 0.6) is 40.2 Å². The summed E-state index contributed by atoms with van der Waals surface area (Å²) >= 11 is 1.42. The van der Waals surface area contributed by atoms with E-state index in [4.69, 9.17) is 29.0 Å². The summed E-state index contributed by atoms with van der Waals surface area (Å²) in [5.41, 5.74) is 3.22. The van der Waals surface area contributed by atoms with Gasteiger partial charge in [0.05, 0.1) is 25.6 Å². The highest BCUT2D eigenvalue weighted by molar-refractivity contribution is 7.07. The van der Waals surface area contributed by atoms with Gasteiger partial charge in [-0.1, -0.05) is 6.07 Å². The number of phenolic OH excluding ortho intramolecular Hbond substituents is 2. The molecule has 0 unspecified atom stereocenters. The third kappa shape index (κ3) is 5.87. The zero-order valence-corrected chi connectivity index (χ0v) is 22.7. The van der Waals surface area contributed by atoms with Gasteiger partial charge >= 0.3 is 0 Å². The molecule has 0 amide bonds. The molecule has 1 aliphatic heterocycles. The van der Waals surface area contributed by atoms with Gasteiger partial charge in [0.1, 0.15) is 17.2 Å². The van der Waals surface area contributed by atoms with Crippen LogP contribution in [0.15, 0.2) is 100 Å². The van der Waals surface area contributed by atoms with Crippen molar-refractivity contribution < 1.29 is 29.2 Å². The van der Waals surface area contributed by atoms with Gasteiger partial charge in [0.25, 0.3) is 0 Å². The SMILES string of the molecule is COc1ccc(Oc2ccc(/C=N/n3c(-c4ccc(O)c(O)c4)csc3=NCc3ccc4c(c3)OCO4)cc2)cc1. The standard InChI is InChI=1S/C31H25N3O6S/c1-37-23-8-10-25(11-9-23)40-24-6-2-20(3-7-24)17-33-34-26(22-5-12-27(35)28(36)15-22)18-41-31(34)32-16-21-4-13-29-30(14-21)39-19-38-29/h2-15,17-18,35-36H,16,19H2,1H3/b32-31?,33-17+. The molecule has 0 bridgehead atoms. The fourth-order valence-corrected chi connectivity index (χ4v) is 4.96. The van der Waals surface area contributed by atoms with E-state index in [1.165, 1.54) is 23.5 Å². The highest BCUT2D eigenvalue weighted by Crippen LogP contribution is 2.33. The summed E-state index contributed by atoms with van der Waals surface area (Å²) in [4.78, 5) is 5.46. The van der Waals surface area contributed by atoms with Crippen LogP contribution in [0.3, 0.4) is 0 Å². The molecular formula is C31H25N3O6S. The van der Waals surface area contributed by atoms with Crippen molar-refractivity contribution in [3.8, 4) is 51.5 Å². The first kappa shape index (κ1) is 26.0. The number of phenols is 2. The Morgan fingerprint density at radius 2 is 1.59 bits per heavy atom. The van der Waals surface area contributed by atoms with Gasteiger partial charge in [-0.05, 0) is 90.0 Å². The van der Waals surface area contributed by atoms with Crippen LogP contribution >= 0.6 is 11.3 Å². The molecule has 1 aliphatic rings. The van der Waals surface area contributed by atoms with Gasteiger partial charge in [-0.3, -0.25) is 4.99 Å². The molecule has 0 spiro atoms. The highest BCUT2D eigenvalue weighted by Gasteiger charge is 2.14. The molecular weight excluding hydrogens is 542 g/mol. The maximum absolute atomic E-state index is 10.1. The van der Waals surface area contributed by atoms with Crippen molar-refractivity contribution in [2.75, 3.05) is 13.9 Å². The topological polar surface area (TPSA) is 107 Å². The third-order valence-corrected chi connectivity index (χ3v) is 7.14. The van der Waals surface area contributed by atoms with E-state index in [0.717, 1.165) is 22.6 Å². The van der Waals surface area contributed by atoms with E-state index < -0.39 is 0 Å². The second kappa shape index (κ2) is 11.5. The molecule has 6 rings (SSSR count). The number of methoxy groups -OCH3 is 1. The van der Waals surface area contributed by atoms with E-state index >= 15 is 0 Å². The fraction of sp³-hybridized carbons (Fsp3) is 0.0968. The van der Waals surface area contributed by atoms with Crippen molar-refractivity contribution in [3.05, 3.63) is 106 Å². The van der Waals surface area contributed by atoms with Crippen LogP contribution in [0.4, 0.5) is 0 Å². The lowest BCUT2D eigenvalue weighted by molar-refractivity contribution is 0.174. The monoisotopic (exact) mass is 567 g/mol. The Kier molecular flexibility index (Phi) is 7.29. The van der Waals surface area contributed by atoms with Crippen molar-refractivity contribution in [1.82, 2.24) is 4.68 Å². The predicted octanol–water partition coefficient (Wildman–Crippen LogP) is 6.14. The summed E-state index contributed by atoms with van der Waals surface area (Å²) in [6.45, 7) is 0.622. The molecule has 41 heavy (non-hydrogen) atoms. The average Bonchev–Trinajstić information content (AvgIpc) is 3.64. The maximum Gasteiger partial charge on any atom is 0.231 e. The number of hydrogen-bond acceptors (Lipinski definition) is 9. The number of ether oxygens (including phenoxy) is 4. The Balaban J connectivity index is 1.28. The van der Waals surface area contributed by atoms with E-state index in [2.05, 4.69) is 0 Å². The van der Waals surface area contributed by atoms with Gasteiger partial charge in [0.2, 0.25) is 11.6 Å². The first-order valence-electron chi connectivity index (χ1n) is 12.6. The fourth-order valence-electron chi connectivity index (χ4n) is 4.12. The summed E-state index contributed by atoms with van der Waals surface area (Å²) < 4.78 is 23.7. The lowest BCUT2D eigenvalue weighted by Gasteiger charge is -2.07. The summed E-state index contributed by atoms with van der Waals surface area (Å²) in [6.07, 6.45) is 1.73. The molecule has 2 N–H and O–H groups in total. The summed E-state index contributed by atoms with van der Waals surface area (Å²) in [5.74, 6) is 3.18. The number of fused-ring (bicyclic) bond motifs is 1. The predicted molar refractivity (Wildman–Crippen MR) is 155 cm³/mol. The minimum absolute atomic E-state index is 0.191. The van der Waals surface area contributed by atoms with Gasteiger partial charge in [-0.25, -0.2) is 4.68 Å². The minimum Gasteiger partial charge on any atom is -0.504 e. The van der Waals surface area contributed by atoms with E-state index in [9.17, 15) is 10.2 Å². The molecule has 5 aromatic rings. The third-order valence-electron chi connectivity index (χ3n) is 6.29. The second-order valence-electron chi connectivity index (χ2n) is 9.01. The normalized spacial score (nSPS) is 12.7. The summed E-state index contributed by atoms with van der Waals surface area (Å²) in [6, 6.07) is 25.3. The summed E-state index contributed by atoms with van der Waals surface area (Å²) in [7, 11) is 1.62. The van der Waals surface area contributed by atoms with Crippen LogP contribution in [0.1, 0.15) is 11.1 Å². The molecule has 10 heteroatoms. The van der Waals surface area contributed by atoms with Crippen LogP contribution in [-0.4, -0.2) is 35.0 Å². The van der Waals surface area contributed by atoms with Crippen LogP contribution in [-0.2, 0) is 6.54 Å². The first-order valence-corrected chi connectivity index (χ1v) is 13.5. The van der Waals surface area contributed by atoms with Crippen LogP contribution in [0.2, 0.25) is 0 Å². The number of thiazole rings is 1. The first-order chi connectivity index (χ1) is 20.1. The number of aromatic hydroxyl groups is 2. The molecule has 2 heterocycles. The Bertz CT molecular complexity index is 1780. The van der Waals surface area contributed by atoms with E-state index in [1.807, 2.05) is 72.1 Å². The zero-order valence-electron chi connectivity index (χ0n) is 21.9. The lowest BCUT2D eigenvalue weighted by Crippen LogP contribution is -2.12. The quantitative estimate of drug-likeness (QED) is 0.172. The molecule has 0 radical (unpaired) electrons. The lowest BCUT2D eigenvalue weighted by atomic mass is 10.1. The van der Waals surface area contributed by atoms with Gasteiger partial charge < -0.3 is 29.2 Å². The van der Waals surface area contributed by atoms with Crippen molar-refractivity contribution >= 4 is 17.6 Å². The minimum atomic E-state index is -0.212. The van der Waals surface area contributed by atoms with Crippen molar-refractivity contribution in [2.24, 2.45) is 10.1 Å². The van der Waals surface area contributed by atoms with Gasteiger partial charge in [0, 0.05) is 10.9 Å². The van der Waals surface area contributed by atoms with Gasteiger partial charge in [-0.2, -0.15) is 5.10 Å². The van der Waals surface area contributed by atoms with Crippen LogP contribution in [0, 0.1) is 0 Å². The molecule has 4 aromatic carbocycles. The van der Waals surface area contributed by atoms with Gasteiger partial charge in [-0.15, -0.1) is 11.3 Å².